The molecule has 0 rings (SSSR count). The molecule has 0 nitrogen and oxygen atoms in total. The van der Waals surface area contributed by atoms with Gasteiger partial charge in [0.2, 0.25) is 0 Å². The predicted octanol–water partition coefficient (Wildman–Crippen LogP) is 2.63. The summed E-state index contributed by atoms with van der Waals surface area (Å²) >= 11 is 11.0. The highest BCUT2D eigenvalue weighted by Gasteiger charge is 1.97. The smallest absolute Gasteiger partial charge is 0.0471 e. The van der Waals surface area contributed by atoms with E-state index in [-0.39, 0.29) is 5.38 Å². The van der Waals surface area contributed by atoms with Gasteiger partial charge in [-0.3, -0.25) is 0 Å². The number of rotatable bonds is 3. The van der Waals surface area contributed by atoms with E-state index in [1.807, 2.05) is 0 Å². The van der Waals surface area contributed by atoms with Gasteiger partial charge < -0.3 is 0 Å². The zero-order valence-electron chi connectivity index (χ0n) is 4.45. The van der Waals surface area contributed by atoms with E-state index in [0.29, 0.717) is 5.88 Å². The normalized spacial score (nSPS) is 14.1. The standard InChI is InChI=1S/C5H10Cl2/c1-2-3-5(7)4-6/h5H,2-4H2,1H3/t5-/m0/s1. The van der Waals surface area contributed by atoms with Crippen LogP contribution in [0.15, 0.2) is 0 Å². The first-order chi connectivity index (χ1) is 3.31. The topological polar surface area (TPSA) is 0 Å². The number of alkyl halides is 2. The molecule has 0 N–H and O–H groups in total. The quantitative estimate of drug-likeness (QED) is 0.530. The van der Waals surface area contributed by atoms with E-state index >= 15 is 0 Å². The zero-order chi connectivity index (χ0) is 5.70. The van der Waals surface area contributed by atoms with Crippen molar-refractivity contribution in [2.24, 2.45) is 0 Å². The van der Waals surface area contributed by atoms with E-state index in [4.69, 9.17) is 23.2 Å². The highest BCUT2D eigenvalue weighted by Crippen LogP contribution is 2.05. The molecule has 0 heterocycles. The Morgan fingerprint density at radius 2 is 2.14 bits per heavy atom. The van der Waals surface area contributed by atoms with Gasteiger partial charge in [0, 0.05) is 11.3 Å². The highest BCUT2D eigenvalue weighted by atomic mass is 35.5. The molecule has 0 saturated heterocycles. The Balaban J connectivity index is 2.83. The number of hydrogen-bond donors (Lipinski definition) is 0. The molecule has 0 radical (unpaired) electrons. The second-order valence-corrected chi connectivity index (χ2v) is 2.47. The van der Waals surface area contributed by atoms with Crippen molar-refractivity contribution >= 4 is 23.2 Å². The minimum atomic E-state index is 0.187. The van der Waals surface area contributed by atoms with Crippen molar-refractivity contribution < 1.29 is 0 Å². The first kappa shape index (κ1) is 7.58. The third-order valence-corrected chi connectivity index (χ3v) is 1.67. The second-order valence-electron chi connectivity index (χ2n) is 1.54. The molecule has 0 aliphatic carbocycles. The van der Waals surface area contributed by atoms with Crippen LogP contribution in [0, 0.1) is 0 Å². The van der Waals surface area contributed by atoms with Crippen LogP contribution in [-0.2, 0) is 0 Å². The first-order valence-electron chi connectivity index (χ1n) is 2.51. The van der Waals surface area contributed by atoms with Gasteiger partial charge in [0.15, 0.2) is 0 Å². The molecule has 0 aromatic carbocycles. The maximum atomic E-state index is 5.63. The average molecular weight is 141 g/mol. The van der Waals surface area contributed by atoms with Gasteiger partial charge in [-0.25, -0.2) is 0 Å². The zero-order valence-corrected chi connectivity index (χ0v) is 5.97. The van der Waals surface area contributed by atoms with Gasteiger partial charge in [0.25, 0.3) is 0 Å². The molecule has 0 spiro atoms. The highest BCUT2D eigenvalue weighted by molar-refractivity contribution is 6.28. The van der Waals surface area contributed by atoms with Crippen molar-refractivity contribution in [2.45, 2.75) is 25.1 Å². The van der Waals surface area contributed by atoms with Crippen LogP contribution in [-0.4, -0.2) is 11.3 Å². The molecule has 0 aliphatic rings. The molecular formula is C5H10Cl2. The Bertz CT molecular complexity index is 37.1. The Morgan fingerprint density at radius 1 is 1.57 bits per heavy atom. The molecule has 0 saturated carbocycles. The van der Waals surface area contributed by atoms with Gasteiger partial charge in [-0.2, -0.15) is 0 Å². The van der Waals surface area contributed by atoms with Crippen LogP contribution in [0.25, 0.3) is 0 Å². The Morgan fingerprint density at radius 3 is 2.29 bits per heavy atom. The van der Waals surface area contributed by atoms with E-state index in [0.717, 1.165) is 12.8 Å². The van der Waals surface area contributed by atoms with E-state index in [1.165, 1.54) is 0 Å². The van der Waals surface area contributed by atoms with Crippen molar-refractivity contribution in [1.82, 2.24) is 0 Å². The van der Waals surface area contributed by atoms with E-state index in [2.05, 4.69) is 6.92 Å². The van der Waals surface area contributed by atoms with Gasteiger partial charge >= 0.3 is 0 Å². The monoisotopic (exact) mass is 140 g/mol. The molecule has 0 aliphatic heterocycles. The summed E-state index contributed by atoms with van der Waals surface area (Å²) in [6.07, 6.45) is 2.16. The van der Waals surface area contributed by atoms with Gasteiger partial charge in [-0.05, 0) is 6.42 Å². The molecule has 0 aromatic rings. The van der Waals surface area contributed by atoms with Crippen molar-refractivity contribution in [2.75, 3.05) is 5.88 Å². The van der Waals surface area contributed by atoms with Gasteiger partial charge in [0.1, 0.15) is 0 Å². The summed E-state index contributed by atoms with van der Waals surface area (Å²) in [6.45, 7) is 2.10. The van der Waals surface area contributed by atoms with E-state index in [1.54, 1.807) is 0 Å². The Kier molecular flexibility index (Phi) is 5.12. The summed E-state index contributed by atoms with van der Waals surface area (Å²) in [4.78, 5) is 0. The minimum Gasteiger partial charge on any atom is -0.125 e. The van der Waals surface area contributed by atoms with Crippen LogP contribution in [0.2, 0.25) is 0 Å². The summed E-state index contributed by atoms with van der Waals surface area (Å²) in [7, 11) is 0. The lowest BCUT2D eigenvalue weighted by molar-refractivity contribution is 0.784. The minimum absolute atomic E-state index is 0.187. The Labute approximate surface area is 54.8 Å². The molecule has 1 atom stereocenters. The number of hydrogen-bond acceptors (Lipinski definition) is 0. The van der Waals surface area contributed by atoms with Crippen LogP contribution in [0.4, 0.5) is 0 Å². The van der Waals surface area contributed by atoms with Crippen LogP contribution >= 0.6 is 23.2 Å². The fourth-order valence-electron chi connectivity index (χ4n) is 0.390. The van der Waals surface area contributed by atoms with Crippen LogP contribution in [0.1, 0.15) is 19.8 Å². The average Bonchev–Trinajstić information content (AvgIpc) is 1.68. The summed E-state index contributed by atoms with van der Waals surface area (Å²) < 4.78 is 0. The van der Waals surface area contributed by atoms with Crippen LogP contribution in [0.5, 0.6) is 0 Å². The van der Waals surface area contributed by atoms with Crippen molar-refractivity contribution in [1.29, 1.82) is 0 Å². The molecular weight excluding hydrogens is 131 g/mol. The lowest BCUT2D eigenvalue weighted by atomic mass is 10.3. The van der Waals surface area contributed by atoms with Gasteiger partial charge in [-0.15, -0.1) is 23.2 Å². The van der Waals surface area contributed by atoms with E-state index < -0.39 is 0 Å². The largest absolute Gasteiger partial charge is 0.125 e. The maximum Gasteiger partial charge on any atom is 0.0471 e. The molecule has 7 heavy (non-hydrogen) atoms. The van der Waals surface area contributed by atoms with Gasteiger partial charge in [0.05, 0.1) is 0 Å². The maximum absolute atomic E-state index is 5.63. The number of halogens is 2. The molecule has 2 heteroatoms. The predicted molar refractivity (Wildman–Crippen MR) is 35.3 cm³/mol. The molecule has 0 aromatic heterocycles. The van der Waals surface area contributed by atoms with Crippen molar-refractivity contribution in [3.8, 4) is 0 Å². The fourth-order valence-corrected chi connectivity index (χ4v) is 0.763. The molecule has 0 unspecified atom stereocenters. The summed E-state index contributed by atoms with van der Waals surface area (Å²) in [5.41, 5.74) is 0. The van der Waals surface area contributed by atoms with Crippen LogP contribution in [0.3, 0.4) is 0 Å². The summed E-state index contributed by atoms with van der Waals surface area (Å²) in [5.74, 6) is 0.579. The lowest BCUT2D eigenvalue weighted by Gasteiger charge is -1.98. The Hall–Kier alpha value is 0.580. The third kappa shape index (κ3) is 4.43. The molecule has 0 bridgehead atoms. The van der Waals surface area contributed by atoms with Gasteiger partial charge in [-0.1, -0.05) is 13.3 Å². The van der Waals surface area contributed by atoms with Crippen LogP contribution < -0.4 is 0 Å². The summed E-state index contributed by atoms with van der Waals surface area (Å²) in [6, 6.07) is 0. The third-order valence-electron chi connectivity index (χ3n) is 0.769. The molecule has 0 fully saturated rings. The SMILES string of the molecule is CCC[C@H](Cl)CCl. The summed E-state index contributed by atoms with van der Waals surface area (Å²) in [5, 5.41) is 0.187. The lowest BCUT2D eigenvalue weighted by Crippen LogP contribution is -1.97. The van der Waals surface area contributed by atoms with E-state index in [9.17, 15) is 0 Å². The fraction of sp³-hybridized carbons (Fsp3) is 1.00. The molecule has 0 amide bonds. The van der Waals surface area contributed by atoms with Crippen molar-refractivity contribution in [3.05, 3.63) is 0 Å². The second kappa shape index (κ2) is 4.73. The van der Waals surface area contributed by atoms with Crippen molar-refractivity contribution in [3.63, 3.8) is 0 Å². The first-order valence-corrected chi connectivity index (χ1v) is 3.48. The molecule has 44 valence electrons.